The molecule has 2 rings (SSSR count). The highest BCUT2D eigenvalue weighted by molar-refractivity contribution is 6.30. The smallest absolute Gasteiger partial charge is 0.236 e. The highest BCUT2D eigenvalue weighted by Gasteiger charge is 2.36. The van der Waals surface area contributed by atoms with E-state index in [0.717, 1.165) is 31.5 Å². The van der Waals surface area contributed by atoms with E-state index in [0.29, 0.717) is 5.02 Å². The second-order valence-corrected chi connectivity index (χ2v) is 5.35. The SMILES string of the molecule is C=CC(C)(C(=O)N1CCCC1)c1ccc(Cl)cc1. The predicted molar refractivity (Wildman–Crippen MR) is 74.8 cm³/mol. The Labute approximate surface area is 113 Å². The molecule has 0 radical (unpaired) electrons. The molecule has 3 heteroatoms. The van der Waals surface area contributed by atoms with Gasteiger partial charge in [-0.15, -0.1) is 6.58 Å². The summed E-state index contributed by atoms with van der Waals surface area (Å²) in [5, 5.41) is 0.679. The van der Waals surface area contributed by atoms with E-state index in [9.17, 15) is 4.79 Å². The van der Waals surface area contributed by atoms with Crippen molar-refractivity contribution >= 4 is 17.5 Å². The van der Waals surface area contributed by atoms with Gasteiger partial charge in [-0.3, -0.25) is 4.79 Å². The maximum Gasteiger partial charge on any atom is 0.236 e. The van der Waals surface area contributed by atoms with Crippen molar-refractivity contribution in [3.05, 3.63) is 47.5 Å². The number of carbonyl (C=O) groups is 1. The van der Waals surface area contributed by atoms with Crippen LogP contribution in [-0.2, 0) is 10.2 Å². The van der Waals surface area contributed by atoms with Crippen molar-refractivity contribution in [2.75, 3.05) is 13.1 Å². The molecule has 0 aromatic heterocycles. The van der Waals surface area contributed by atoms with Gasteiger partial charge in [0, 0.05) is 18.1 Å². The molecule has 0 N–H and O–H groups in total. The Bertz CT molecular complexity index is 448. The number of nitrogens with zero attached hydrogens (tertiary/aromatic N) is 1. The summed E-state index contributed by atoms with van der Waals surface area (Å²) in [6, 6.07) is 7.43. The largest absolute Gasteiger partial charge is 0.342 e. The van der Waals surface area contributed by atoms with Gasteiger partial charge >= 0.3 is 0 Å². The zero-order valence-corrected chi connectivity index (χ0v) is 11.4. The Morgan fingerprint density at radius 2 is 1.89 bits per heavy atom. The van der Waals surface area contributed by atoms with Gasteiger partial charge in [0.25, 0.3) is 0 Å². The van der Waals surface area contributed by atoms with Crippen LogP contribution in [0.3, 0.4) is 0 Å². The first-order chi connectivity index (χ1) is 8.58. The zero-order chi connectivity index (χ0) is 13.2. The molecule has 18 heavy (non-hydrogen) atoms. The Morgan fingerprint density at radius 3 is 2.39 bits per heavy atom. The van der Waals surface area contributed by atoms with Gasteiger partial charge in [-0.1, -0.05) is 29.8 Å². The highest BCUT2D eigenvalue weighted by Crippen LogP contribution is 2.30. The van der Waals surface area contributed by atoms with Gasteiger partial charge < -0.3 is 4.90 Å². The molecule has 1 unspecified atom stereocenters. The summed E-state index contributed by atoms with van der Waals surface area (Å²) < 4.78 is 0. The van der Waals surface area contributed by atoms with E-state index in [1.54, 1.807) is 6.08 Å². The highest BCUT2D eigenvalue weighted by atomic mass is 35.5. The van der Waals surface area contributed by atoms with Crippen LogP contribution in [0.15, 0.2) is 36.9 Å². The zero-order valence-electron chi connectivity index (χ0n) is 10.7. The summed E-state index contributed by atoms with van der Waals surface area (Å²) >= 11 is 5.89. The van der Waals surface area contributed by atoms with Crippen molar-refractivity contribution in [3.8, 4) is 0 Å². The molecule has 1 saturated heterocycles. The molecular weight excluding hydrogens is 246 g/mol. The summed E-state index contributed by atoms with van der Waals surface area (Å²) in [4.78, 5) is 14.5. The number of halogens is 1. The van der Waals surface area contributed by atoms with Crippen LogP contribution in [0, 0.1) is 0 Å². The van der Waals surface area contributed by atoms with Crippen LogP contribution < -0.4 is 0 Å². The first-order valence-electron chi connectivity index (χ1n) is 6.27. The topological polar surface area (TPSA) is 20.3 Å². The van der Waals surface area contributed by atoms with E-state index < -0.39 is 5.41 Å². The summed E-state index contributed by atoms with van der Waals surface area (Å²) in [5.74, 6) is 0.136. The van der Waals surface area contributed by atoms with Crippen LogP contribution in [0.2, 0.25) is 5.02 Å². The Morgan fingerprint density at radius 1 is 1.33 bits per heavy atom. The van der Waals surface area contributed by atoms with Crippen LogP contribution in [0.5, 0.6) is 0 Å². The molecule has 1 fully saturated rings. The lowest BCUT2D eigenvalue weighted by Gasteiger charge is -2.30. The van der Waals surface area contributed by atoms with Crippen LogP contribution in [0.4, 0.5) is 0 Å². The van der Waals surface area contributed by atoms with Gasteiger partial charge in [-0.05, 0) is 37.5 Å². The minimum atomic E-state index is -0.658. The maximum absolute atomic E-state index is 12.6. The van der Waals surface area contributed by atoms with Gasteiger partial charge in [-0.2, -0.15) is 0 Å². The minimum Gasteiger partial charge on any atom is -0.342 e. The third-order valence-electron chi connectivity index (χ3n) is 3.69. The number of hydrogen-bond acceptors (Lipinski definition) is 1. The van der Waals surface area contributed by atoms with E-state index >= 15 is 0 Å². The van der Waals surface area contributed by atoms with Crippen LogP contribution in [-0.4, -0.2) is 23.9 Å². The average molecular weight is 264 g/mol. The number of rotatable bonds is 3. The normalized spacial score (nSPS) is 18.4. The van der Waals surface area contributed by atoms with Crippen molar-refractivity contribution in [2.45, 2.75) is 25.2 Å². The van der Waals surface area contributed by atoms with E-state index in [4.69, 9.17) is 11.6 Å². The molecule has 96 valence electrons. The minimum absolute atomic E-state index is 0.136. The molecule has 1 amide bonds. The standard InChI is InChI=1S/C15H18ClNO/c1-3-15(2,12-6-8-13(16)9-7-12)14(18)17-10-4-5-11-17/h3,6-9H,1,4-5,10-11H2,2H3. The first kappa shape index (κ1) is 13.2. The van der Waals surface area contributed by atoms with Gasteiger partial charge in [0.1, 0.15) is 0 Å². The second kappa shape index (κ2) is 5.15. The Balaban J connectivity index is 2.31. The van der Waals surface area contributed by atoms with E-state index in [-0.39, 0.29) is 5.91 Å². The second-order valence-electron chi connectivity index (χ2n) is 4.91. The van der Waals surface area contributed by atoms with Crippen molar-refractivity contribution in [1.29, 1.82) is 0 Å². The fourth-order valence-corrected chi connectivity index (χ4v) is 2.50. The molecule has 1 aromatic rings. The summed E-state index contributed by atoms with van der Waals surface area (Å²) in [6.07, 6.45) is 3.93. The van der Waals surface area contributed by atoms with E-state index in [1.807, 2.05) is 36.1 Å². The van der Waals surface area contributed by atoms with Gasteiger partial charge in [0.2, 0.25) is 5.91 Å². The Kier molecular flexibility index (Phi) is 3.76. The van der Waals surface area contributed by atoms with E-state index in [2.05, 4.69) is 6.58 Å². The predicted octanol–water partition coefficient (Wildman–Crippen LogP) is 3.41. The van der Waals surface area contributed by atoms with Crippen LogP contribution >= 0.6 is 11.6 Å². The lowest BCUT2D eigenvalue weighted by atomic mass is 9.81. The molecule has 0 saturated carbocycles. The van der Waals surface area contributed by atoms with Crippen molar-refractivity contribution in [1.82, 2.24) is 4.90 Å². The average Bonchev–Trinajstić information content (AvgIpc) is 2.91. The van der Waals surface area contributed by atoms with Crippen molar-refractivity contribution in [3.63, 3.8) is 0 Å². The molecule has 1 heterocycles. The number of amides is 1. The lowest BCUT2D eigenvalue weighted by Crippen LogP contribution is -2.42. The lowest BCUT2D eigenvalue weighted by molar-refractivity contribution is -0.134. The molecule has 2 nitrogen and oxygen atoms in total. The monoisotopic (exact) mass is 263 g/mol. The van der Waals surface area contributed by atoms with Gasteiger partial charge in [0.05, 0.1) is 5.41 Å². The summed E-state index contributed by atoms with van der Waals surface area (Å²) in [6.45, 7) is 7.48. The van der Waals surface area contributed by atoms with Crippen molar-refractivity contribution in [2.24, 2.45) is 0 Å². The number of carbonyl (C=O) groups excluding carboxylic acids is 1. The third-order valence-corrected chi connectivity index (χ3v) is 3.94. The number of benzene rings is 1. The molecule has 1 atom stereocenters. The van der Waals surface area contributed by atoms with Gasteiger partial charge in [0.15, 0.2) is 0 Å². The summed E-state index contributed by atoms with van der Waals surface area (Å²) in [5.41, 5.74) is 0.286. The molecule has 0 bridgehead atoms. The fourth-order valence-electron chi connectivity index (χ4n) is 2.37. The number of likely N-dealkylation sites (tertiary alicyclic amines) is 1. The third kappa shape index (κ3) is 2.30. The summed E-state index contributed by atoms with van der Waals surface area (Å²) in [7, 11) is 0. The molecular formula is C15H18ClNO. The Hall–Kier alpha value is -1.28. The van der Waals surface area contributed by atoms with Crippen molar-refractivity contribution < 1.29 is 4.79 Å². The molecule has 0 aliphatic carbocycles. The fraction of sp³-hybridized carbons (Fsp3) is 0.400. The molecule has 0 spiro atoms. The first-order valence-corrected chi connectivity index (χ1v) is 6.65. The maximum atomic E-state index is 12.6. The number of hydrogen-bond donors (Lipinski definition) is 0. The molecule has 1 aliphatic heterocycles. The van der Waals surface area contributed by atoms with Crippen LogP contribution in [0.1, 0.15) is 25.3 Å². The quantitative estimate of drug-likeness (QED) is 0.766. The van der Waals surface area contributed by atoms with Crippen LogP contribution in [0.25, 0.3) is 0 Å². The van der Waals surface area contributed by atoms with Gasteiger partial charge in [-0.25, -0.2) is 0 Å². The van der Waals surface area contributed by atoms with E-state index in [1.165, 1.54) is 0 Å². The molecule has 1 aliphatic rings. The molecule has 1 aromatic carbocycles.